The lowest BCUT2D eigenvalue weighted by atomic mass is 9.76. The van der Waals surface area contributed by atoms with Crippen LogP contribution in [0, 0.1) is 0 Å². The van der Waals surface area contributed by atoms with E-state index in [1.54, 1.807) is 0 Å². The Hall–Kier alpha value is -1.31. The molecule has 0 fully saturated rings. The Bertz CT molecular complexity index is 380. The van der Waals surface area contributed by atoms with Crippen LogP contribution in [0.4, 0.5) is 0 Å². The number of hydrogen-bond donors (Lipinski definition) is 0. The second-order valence-corrected chi connectivity index (χ2v) is 4.31. The summed E-state index contributed by atoms with van der Waals surface area (Å²) < 4.78 is 5.29. The summed E-state index contributed by atoms with van der Waals surface area (Å²) in [5.74, 6) is -0.201. The van der Waals surface area contributed by atoms with E-state index in [9.17, 15) is 4.79 Å². The van der Waals surface area contributed by atoms with Crippen LogP contribution in [0.25, 0.3) is 0 Å². The van der Waals surface area contributed by atoms with Gasteiger partial charge in [0.15, 0.2) is 0 Å². The highest BCUT2D eigenvalue weighted by Crippen LogP contribution is 2.36. The summed E-state index contributed by atoms with van der Waals surface area (Å²) in [5.41, 5.74) is 1.70. The van der Waals surface area contributed by atoms with Gasteiger partial charge in [-0.3, -0.25) is 0 Å². The van der Waals surface area contributed by atoms with Gasteiger partial charge in [-0.2, -0.15) is 0 Å². The van der Waals surface area contributed by atoms with Crippen molar-refractivity contribution in [3.05, 3.63) is 35.4 Å². The van der Waals surface area contributed by atoms with Crippen LogP contribution >= 0.6 is 0 Å². The zero-order chi connectivity index (χ0) is 10.3. The molecule has 0 spiro atoms. The number of carbonyl (C=O) groups is 1. The highest BCUT2D eigenvalue weighted by atomic mass is 16.5. The Kier molecular flexibility index (Phi) is 1.88. The third-order valence-electron chi connectivity index (χ3n) is 3.14. The summed E-state index contributed by atoms with van der Waals surface area (Å²) >= 11 is 0. The molecule has 1 unspecified atom stereocenters. The zero-order valence-electron chi connectivity index (χ0n) is 8.70. The van der Waals surface area contributed by atoms with E-state index in [4.69, 9.17) is 4.74 Å². The van der Waals surface area contributed by atoms with Crippen molar-refractivity contribution in [3.63, 3.8) is 0 Å². The van der Waals surface area contributed by atoms with Crippen molar-refractivity contribution in [2.75, 3.05) is 0 Å². The van der Waals surface area contributed by atoms with Gasteiger partial charge >= 0.3 is 5.97 Å². The predicted octanol–water partition coefficient (Wildman–Crippen LogP) is 2.52. The van der Waals surface area contributed by atoms with Crippen LogP contribution in [0.2, 0.25) is 0 Å². The molecule has 2 nitrogen and oxygen atoms in total. The topological polar surface area (TPSA) is 26.3 Å². The van der Waals surface area contributed by atoms with Gasteiger partial charge in [-0.05, 0) is 18.6 Å². The molecule has 1 heterocycles. The van der Waals surface area contributed by atoms with Crippen molar-refractivity contribution in [1.29, 1.82) is 0 Å². The Morgan fingerprint density at radius 3 is 2.64 bits per heavy atom. The van der Waals surface area contributed by atoms with Crippen LogP contribution < -0.4 is 0 Å². The molecule has 0 bridgehead atoms. The molecule has 0 aliphatic carbocycles. The Morgan fingerprint density at radius 1 is 1.29 bits per heavy atom. The Labute approximate surface area is 83.9 Å². The van der Waals surface area contributed by atoms with Crippen molar-refractivity contribution in [2.45, 2.75) is 32.3 Å². The average molecular weight is 190 g/mol. The van der Waals surface area contributed by atoms with Gasteiger partial charge < -0.3 is 4.74 Å². The minimum Gasteiger partial charge on any atom is -0.458 e. The maximum Gasteiger partial charge on any atom is 0.338 e. The van der Waals surface area contributed by atoms with Crippen LogP contribution in [0.1, 0.15) is 36.7 Å². The van der Waals surface area contributed by atoms with Crippen LogP contribution in [0.15, 0.2) is 24.3 Å². The largest absolute Gasteiger partial charge is 0.458 e. The number of hydrogen-bond acceptors (Lipinski definition) is 2. The molecule has 14 heavy (non-hydrogen) atoms. The quantitative estimate of drug-likeness (QED) is 0.587. The van der Waals surface area contributed by atoms with E-state index in [0.29, 0.717) is 5.56 Å². The molecule has 0 aromatic heterocycles. The van der Waals surface area contributed by atoms with Gasteiger partial charge in [0.1, 0.15) is 6.10 Å². The molecule has 1 aromatic carbocycles. The van der Waals surface area contributed by atoms with E-state index in [2.05, 4.69) is 13.8 Å². The third kappa shape index (κ3) is 1.14. The van der Waals surface area contributed by atoms with Crippen molar-refractivity contribution in [2.24, 2.45) is 0 Å². The van der Waals surface area contributed by atoms with Crippen LogP contribution in [-0.2, 0) is 10.2 Å². The third-order valence-corrected chi connectivity index (χ3v) is 3.14. The van der Waals surface area contributed by atoms with Gasteiger partial charge in [0, 0.05) is 5.41 Å². The molecular formula is C12H14O2. The molecule has 0 N–H and O–H groups in total. The van der Waals surface area contributed by atoms with E-state index in [1.807, 2.05) is 31.2 Å². The molecule has 0 saturated heterocycles. The number of cyclic esters (lactones) is 1. The lowest BCUT2D eigenvalue weighted by molar-refractivity contribution is 0.00967. The molecule has 1 atom stereocenters. The van der Waals surface area contributed by atoms with Gasteiger partial charge in [-0.15, -0.1) is 0 Å². The maximum absolute atomic E-state index is 11.6. The number of benzene rings is 1. The maximum atomic E-state index is 11.6. The van der Waals surface area contributed by atoms with Crippen molar-refractivity contribution in [3.8, 4) is 0 Å². The molecule has 1 aliphatic rings. The van der Waals surface area contributed by atoms with Gasteiger partial charge in [-0.1, -0.05) is 32.0 Å². The number of esters is 1. The van der Waals surface area contributed by atoms with Crippen LogP contribution in [0.5, 0.6) is 0 Å². The second-order valence-electron chi connectivity index (χ2n) is 4.31. The summed E-state index contributed by atoms with van der Waals surface area (Å²) in [6.45, 7) is 6.14. The predicted molar refractivity (Wildman–Crippen MR) is 54.3 cm³/mol. The SMILES string of the molecule is CC1OC(=O)c2ccccc2C1(C)C. The first-order valence-corrected chi connectivity index (χ1v) is 4.84. The first-order chi connectivity index (χ1) is 6.53. The fourth-order valence-corrected chi connectivity index (χ4v) is 1.81. The monoisotopic (exact) mass is 190 g/mol. The number of rotatable bonds is 0. The van der Waals surface area contributed by atoms with Crippen LogP contribution in [-0.4, -0.2) is 12.1 Å². The number of ether oxygens (including phenoxy) is 1. The Balaban J connectivity index is 2.63. The molecular weight excluding hydrogens is 176 g/mol. The highest BCUT2D eigenvalue weighted by Gasteiger charge is 2.38. The fourth-order valence-electron chi connectivity index (χ4n) is 1.81. The minimum atomic E-state index is -0.201. The zero-order valence-corrected chi connectivity index (χ0v) is 8.70. The molecule has 0 radical (unpaired) electrons. The molecule has 74 valence electrons. The smallest absolute Gasteiger partial charge is 0.338 e. The standard InChI is InChI=1S/C12H14O2/c1-8-12(2,3)10-7-5-4-6-9(10)11(13)14-8/h4-8H,1-3H3. The summed E-state index contributed by atoms with van der Waals surface area (Å²) in [4.78, 5) is 11.6. The first-order valence-electron chi connectivity index (χ1n) is 4.84. The van der Waals surface area contributed by atoms with Crippen molar-refractivity contribution >= 4 is 5.97 Å². The van der Waals surface area contributed by atoms with E-state index in [-0.39, 0.29) is 17.5 Å². The molecule has 1 aromatic rings. The average Bonchev–Trinajstić information content (AvgIpc) is 2.16. The van der Waals surface area contributed by atoms with Crippen LogP contribution in [0.3, 0.4) is 0 Å². The highest BCUT2D eigenvalue weighted by molar-refractivity contribution is 5.92. The summed E-state index contributed by atoms with van der Waals surface area (Å²) in [6, 6.07) is 7.66. The molecule has 0 saturated carbocycles. The first kappa shape index (κ1) is 9.25. The number of fused-ring (bicyclic) bond motifs is 1. The molecule has 0 amide bonds. The van der Waals surface area contributed by atoms with Gasteiger partial charge in [0.2, 0.25) is 0 Å². The summed E-state index contributed by atoms with van der Waals surface area (Å²) in [5, 5.41) is 0. The van der Waals surface area contributed by atoms with Gasteiger partial charge in [-0.25, -0.2) is 4.79 Å². The van der Waals surface area contributed by atoms with E-state index in [0.717, 1.165) is 5.56 Å². The normalized spacial score (nSPS) is 23.9. The fraction of sp³-hybridized carbons (Fsp3) is 0.417. The number of carbonyl (C=O) groups excluding carboxylic acids is 1. The van der Waals surface area contributed by atoms with Crippen molar-refractivity contribution < 1.29 is 9.53 Å². The lowest BCUT2D eigenvalue weighted by Crippen LogP contribution is -2.41. The van der Waals surface area contributed by atoms with E-state index >= 15 is 0 Å². The molecule has 2 heteroatoms. The summed E-state index contributed by atoms with van der Waals surface area (Å²) in [6.07, 6.45) is -0.0649. The molecule has 2 rings (SSSR count). The minimum absolute atomic E-state index is 0.0649. The summed E-state index contributed by atoms with van der Waals surface area (Å²) in [7, 11) is 0. The van der Waals surface area contributed by atoms with E-state index in [1.165, 1.54) is 0 Å². The van der Waals surface area contributed by atoms with Crippen molar-refractivity contribution in [1.82, 2.24) is 0 Å². The Morgan fingerprint density at radius 2 is 1.93 bits per heavy atom. The van der Waals surface area contributed by atoms with E-state index < -0.39 is 0 Å². The second kappa shape index (κ2) is 2.84. The molecule has 1 aliphatic heterocycles. The van der Waals surface area contributed by atoms with Gasteiger partial charge in [0.05, 0.1) is 5.56 Å². The van der Waals surface area contributed by atoms with Gasteiger partial charge in [0.25, 0.3) is 0 Å². The lowest BCUT2D eigenvalue weighted by Gasteiger charge is -2.37.